The molecular weight excluding hydrogens is 262 g/mol. The Kier molecular flexibility index (Phi) is 8.58. The second-order valence-corrected chi connectivity index (χ2v) is 6.83. The second kappa shape index (κ2) is 9.03. The average Bonchev–Trinajstić information content (AvgIpc) is 2.45. The molecule has 0 aromatic carbocycles. The fraction of sp³-hybridized carbons (Fsp3) is 0.615. The molecule has 1 amide bonds. The molecule has 0 radical (unpaired) electrons. The van der Waals surface area contributed by atoms with Gasteiger partial charge in [0.1, 0.15) is 0 Å². The first-order valence-corrected chi connectivity index (χ1v) is 7.95. The quantitative estimate of drug-likeness (QED) is 0.370. The van der Waals surface area contributed by atoms with E-state index in [4.69, 9.17) is 13.3 Å². The molecule has 0 aliphatic rings. The van der Waals surface area contributed by atoms with Gasteiger partial charge in [-0.3, -0.25) is 9.36 Å². The lowest BCUT2D eigenvalue weighted by atomic mass is 10.2. The van der Waals surface area contributed by atoms with E-state index >= 15 is 0 Å². The van der Waals surface area contributed by atoms with Crippen molar-refractivity contribution in [2.75, 3.05) is 27.9 Å². The minimum absolute atomic E-state index is 0.148. The van der Waals surface area contributed by atoms with Crippen LogP contribution in [0.15, 0.2) is 24.3 Å². The van der Waals surface area contributed by atoms with Crippen molar-refractivity contribution in [3.05, 3.63) is 24.3 Å². The fourth-order valence-corrected chi connectivity index (χ4v) is 3.63. The molecule has 6 heteroatoms. The van der Waals surface area contributed by atoms with E-state index in [0.717, 1.165) is 12.8 Å². The van der Waals surface area contributed by atoms with Gasteiger partial charge in [-0.25, -0.2) is 0 Å². The van der Waals surface area contributed by atoms with Crippen molar-refractivity contribution < 1.29 is 18.1 Å². The van der Waals surface area contributed by atoms with Crippen molar-refractivity contribution in [2.45, 2.75) is 26.7 Å². The molecule has 0 aromatic rings. The van der Waals surface area contributed by atoms with Crippen LogP contribution in [0.4, 0.5) is 0 Å². The molecule has 0 aromatic heterocycles. The number of carbonyl (C=O) groups excluding carboxylic acids is 1. The van der Waals surface area contributed by atoms with Gasteiger partial charge < -0.3 is 13.3 Å². The van der Waals surface area contributed by atoms with Gasteiger partial charge in [-0.1, -0.05) is 25.5 Å². The molecule has 0 atom stereocenters. The third-order valence-corrected chi connectivity index (χ3v) is 5.33. The molecule has 0 heterocycles. The Balaban J connectivity index is 5.29. The van der Waals surface area contributed by atoms with Crippen LogP contribution in [0.5, 0.6) is 0 Å². The van der Waals surface area contributed by atoms with Crippen molar-refractivity contribution in [3.63, 3.8) is 0 Å². The van der Waals surface area contributed by atoms with Crippen LogP contribution in [0.25, 0.3) is 0 Å². The maximum absolute atomic E-state index is 12.5. The van der Waals surface area contributed by atoms with Crippen molar-refractivity contribution in [1.82, 2.24) is 4.57 Å². The zero-order valence-corrected chi connectivity index (χ0v) is 13.6. The van der Waals surface area contributed by atoms with Gasteiger partial charge in [0.05, 0.1) is 0 Å². The Bertz CT molecular complexity index is 318. The van der Waals surface area contributed by atoms with Crippen LogP contribution in [0.2, 0.25) is 0 Å². The standard InChI is InChI=1S/C13H25NO4Si/c1-7-9-10-12(3)13(15)14(11-8-2)19(16-4,17-5)18-6/h8,10H,2,7,9,11H2,1,3-6H3. The Morgan fingerprint density at radius 3 is 2.16 bits per heavy atom. The molecule has 0 fully saturated rings. The predicted octanol–water partition coefficient (Wildman–Crippen LogP) is 2.12. The highest BCUT2D eigenvalue weighted by Crippen LogP contribution is 2.17. The van der Waals surface area contributed by atoms with Gasteiger partial charge in [-0.05, 0) is 13.3 Å². The van der Waals surface area contributed by atoms with Crippen LogP contribution in [-0.2, 0) is 18.1 Å². The normalized spacial score (nSPS) is 12.4. The number of rotatable bonds is 9. The summed E-state index contributed by atoms with van der Waals surface area (Å²) in [6, 6.07) is 0. The molecule has 110 valence electrons. The first-order chi connectivity index (χ1) is 9.02. The van der Waals surface area contributed by atoms with Crippen LogP contribution >= 0.6 is 0 Å². The third-order valence-electron chi connectivity index (χ3n) is 2.74. The van der Waals surface area contributed by atoms with Gasteiger partial charge in [-0.15, -0.1) is 6.58 Å². The number of hydrogen-bond acceptors (Lipinski definition) is 4. The van der Waals surface area contributed by atoms with E-state index in [9.17, 15) is 4.79 Å². The zero-order chi connectivity index (χ0) is 14.9. The molecular formula is C13H25NO4Si. The van der Waals surface area contributed by atoms with Crippen LogP contribution in [0.1, 0.15) is 26.7 Å². The number of hydrogen-bond donors (Lipinski definition) is 0. The maximum Gasteiger partial charge on any atom is 0.635 e. The van der Waals surface area contributed by atoms with E-state index in [1.54, 1.807) is 13.0 Å². The Hall–Kier alpha value is -0.953. The first kappa shape index (κ1) is 18.0. The highest BCUT2D eigenvalue weighted by Gasteiger charge is 2.49. The zero-order valence-electron chi connectivity index (χ0n) is 12.6. The van der Waals surface area contributed by atoms with Crippen molar-refractivity contribution in [3.8, 4) is 0 Å². The lowest BCUT2D eigenvalue weighted by Crippen LogP contribution is -2.61. The number of nitrogens with zero attached hydrogens (tertiary/aromatic N) is 1. The number of allylic oxidation sites excluding steroid dienone is 1. The molecule has 0 aliphatic carbocycles. The maximum atomic E-state index is 12.5. The lowest BCUT2D eigenvalue weighted by molar-refractivity contribution is -0.126. The number of carbonyl (C=O) groups is 1. The average molecular weight is 287 g/mol. The topological polar surface area (TPSA) is 48.0 Å². The number of unbranched alkanes of at least 4 members (excludes halogenated alkanes) is 1. The van der Waals surface area contributed by atoms with E-state index in [-0.39, 0.29) is 5.91 Å². The second-order valence-electron chi connectivity index (χ2n) is 4.02. The van der Waals surface area contributed by atoms with Crippen LogP contribution in [0, 0.1) is 0 Å². The van der Waals surface area contributed by atoms with E-state index in [0.29, 0.717) is 12.1 Å². The molecule has 0 N–H and O–H groups in total. The summed E-state index contributed by atoms with van der Waals surface area (Å²) >= 11 is 0. The lowest BCUT2D eigenvalue weighted by Gasteiger charge is -2.34. The SMILES string of the molecule is C=CCN(C(=O)C(C)=CCCC)[Si](OC)(OC)OC. The summed E-state index contributed by atoms with van der Waals surface area (Å²) < 4.78 is 17.5. The summed E-state index contributed by atoms with van der Waals surface area (Å²) in [5.74, 6) is -0.148. The van der Waals surface area contributed by atoms with E-state index < -0.39 is 8.97 Å². The molecule has 19 heavy (non-hydrogen) atoms. The van der Waals surface area contributed by atoms with Crippen LogP contribution in [-0.4, -0.2) is 47.3 Å². The third kappa shape index (κ3) is 4.57. The highest BCUT2D eigenvalue weighted by atomic mass is 28.4. The monoisotopic (exact) mass is 287 g/mol. The summed E-state index contributed by atoms with van der Waals surface area (Å²) in [7, 11) is 1.28. The highest BCUT2D eigenvalue weighted by molar-refractivity contribution is 6.60. The Morgan fingerprint density at radius 2 is 1.79 bits per heavy atom. The van der Waals surface area contributed by atoms with Gasteiger partial charge in [-0.2, -0.15) is 0 Å². The summed E-state index contributed by atoms with van der Waals surface area (Å²) in [6.45, 7) is 7.83. The first-order valence-electron chi connectivity index (χ1n) is 6.28. The van der Waals surface area contributed by atoms with Gasteiger partial charge in [0.15, 0.2) is 0 Å². The van der Waals surface area contributed by atoms with Gasteiger partial charge in [0.2, 0.25) is 5.91 Å². The summed E-state index contributed by atoms with van der Waals surface area (Å²) in [6.07, 6.45) is 5.40. The molecule has 0 saturated carbocycles. The molecule has 0 rings (SSSR count). The van der Waals surface area contributed by atoms with Crippen LogP contribution in [0.3, 0.4) is 0 Å². The smallest absolute Gasteiger partial charge is 0.360 e. The van der Waals surface area contributed by atoms with E-state index in [1.165, 1.54) is 25.9 Å². The van der Waals surface area contributed by atoms with Gasteiger partial charge in [0, 0.05) is 33.4 Å². The summed E-state index contributed by atoms with van der Waals surface area (Å²) in [5, 5.41) is 0. The largest absolute Gasteiger partial charge is 0.635 e. The van der Waals surface area contributed by atoms with Gasteiger partial charge >= 0.3 is 8.97 Å². The molecule has 5 nitrogen and oxygen atoms in total. The fourth-order valence-electron chi connectivity index (χ4n) is 1.69. The number of amides is 1. The Morgan fingerprint density at radius 1 is 1.26 bits per heavy atom. The molecule has 0 spiro atoms. The molecule has 0 aliphatic heterocycles. The summed E-state index contributed by atoms with van der Waals surface area (Å²) in [5.41, 5.74) is 0.659. The summed E-state index contributed by atoms with van der Waals surface area (Å²) in [4.78, 5) is 12.5. The molecule has 0 saturated heterocycles. The minimum atomic E-state index is -3.16. The predicted molar refractivity (Wildman–Crippen MR) is 77.4 cm³/mol. The minimum Gasteiger partial charge on any atom is -0.360 e. The van der Waals surface area contributed by atoms with Crippen molar-refractivity contribution in [2.24, 2.45) is 0 Å². The van der Waals surface area contributed by atoms with Crippen molar-refractivity contribution in [1.29, 1.82) is 0 Å². The molecule has 0 unspecified atom stereocenters. The van der Waals surface area contributed by atoms with Crippen molar-refractivity contribution >= 4 is 14.9 Å². The van der Waals surface area contributed by atoms with E-state index in [2.05, 4.69) is 13.5 Å². The Labute approximate surface area is 117 Å². The van der Waals surface area contributed by atoms with Gasteiger partial charge in [0.25, 0.3) is 0 Å². The van der Waals surface area contributed by atoms with E-state index in [1.807, 2.05) is 6.08 Å². The van der Waals surface area contributed by atoms with Crippen LogP contribution < -0.4 is 0 Å². The molecule has 0 bridgehead atoms.